The Labute approximate surface area is 79.4 Å². The van der Waals surface area contributed by atoms with Gasteiger partial charge in [0.05, 0.1) is 6.61 Å². The lowest BCUT2D eigenvalue weighted by Crippen LogP contribution is -2.15. The second-order valence-corrected chi connectivity index (χ2v) is 3.49. The fourth-order valence-corrected chi connectivity index (χ4v) is 1.28. The fraction of sp³-hybridized carbons (Fsp3) is 0.455. The maximum absolute atomic E-state index is 8.91. The number of hydrogen-bond acceptors (Lipinski definition) is 2. The molecule has 0 fully saturated rings. The summed E-state index contributed by atoms with van der Waals surface area (Å²) in [5.74, 6) is 0. The molecule has 1 rings (SSSR count). The molecule has 0 spiro atoms. The van der Waals surface area contributed by atoms with Crippen molar-refractivity contribution in [2.75, 3.05) is 0 Å². The zero-order valence-corrected chi connectivity index (χ0v) is 8.03. The molecule has 2 heteroatoms. The average Bonchev–Trinajstić information content (AvgIpc) is 2.15. The number of hydrogen-bond donors (Lipinski definition) is 2. The van der Waals surface area contributed by atoms with Crippen LogP contribution in [0.5, 0.6) is 0 Å². The summed E-state index contributed by atoms with van der Waals surface area (Å²) in [6, 6.07) is 8.25. The number of nitrogens with two attached hydrogens (primary N) is 1. The third-order valence-electron chi connectivity index (χ3n) is 2.06. The third kappa shape index (κ3) is 3.57. The van der Waals surface area contributed by atoms with E-state index in [-0.39, 0.29) is 12.6 Å². The molecule has 0 bridgehead atoms. The smallest absolute Gasteiger partial charge is 0.0681 e. The molecule has 0 aliphatic heterocycles. The van der Waals surface area contributed by atoms with E-state index in [9.17, 15) is 0 Å². The van der Waals surface area contributed by atoms with Crippen molar-refractivity contribution in [2.24, 2.45) is 5.73 Å². The second kappa shape index (κ2) is 5.00. The zero-order chi connectivity index (χ0) is 9.68. The zero-order valence-electron chi connectivity index (χ0n) is 8.03. The van der Waals surface area contributed by atoms with Crippen LogP contribution in [0, 0.1) is 0 Å². The SMILES string of the molecule is CC(N)CCc1cccc(CO)c1. The molecule has 1 aromatic rings. The predicted octanol–water partition coefficient (Wildman–Crippen LogP) is 1.46. The molecule has 1 unspecified atom stereocenters. The molecule has 0 saturated carbocycles. The Morgan fingerprint density at radius 1 is 1.38 bits per heavy atom. The summed E-state index contributed by atoms with van der Waals surface area (Å²) in [6.07, 6.45) is 1.99. The van der Waals surface area contributed by atoms with Gasteiger partial charge in [-0.05, 0) is 30.9 Å². The van der Waals surface area contributed by atoms with Crippen LogP contribution < -0.4 is 5.73 Å². The van der Waals surface area contributed by atoms with Crippen LogP contribution in [0.15, 0.2) is 24.3 Å². The lowest BCUT2D eigenvalue weighted by atomic mass is 10.0. The van der Waals surface area contributed by atoms with E-state index < -0.39 is 0 Å². The van der Waals surface area contributed by atoms with Crippen molar-refractivity contribution in [1.82, 2.24) is 0 Å². The van der Waals surface area contributed by atoms with Gasteiger partial charge in [-0.25, -0.2) is 0 Å². The average molecular weight is 179 g/mol. The van der Waals surface area contributed by atoms with Gasteiger partial charge in [-0.2, -0.15) is 0 Å². The molecule has 3 N–H and O–H groups in total. The van der Waals surface area contributed by atoms with E-state index in [1.807, 2.05) is 25.1 Å². The molecule has 1 aromatic carbocycles. The van der Waals surface area contributed by atoms with Gasteiger partial charge >= 0.3 is 0 Å². The highest BCUT2D eigenvalue weighted by molar-refractivity contribution is 5.22. The fourth-order valence-electron chi connectivity index (χ4n) is 1.28. The molecular formula is C11H17NO. The number of benzene rings is 1. The third-order valence-corrected chi connectivity index (χ3v) is 2.06. The highest BCUT2D eigenvalue weighted by atomic mass is 16.3. The molecule has 0 aromatic heterocycles. The minimum absolute atomic E-state index is 0.117. The van der Waals surface area contributed by atoms with Gasteiger partial charge in [0.25, 0.3) is 0 Å². The minimum atomic E-state index is 0.117. The number of rotatable bonds is 4. The van der Waals surface area contributed by atoms with Crippen LogP contribution in [-0.4, -0.2) is 11.1 Å². The second-order valence-electron chi connectivity index (χ2n) is 3.49. The summed E-state index contributed by atoms with van der Waals surface area (Å²) >= 11 is 0. The number of aliphatic hydroxyl groups is 1. The van der Waals surface area contributed by atoms with Crippen LogP contribution in [0.2, 0.25) is 0 Å². The molecule has 1 atom stereocenters. The first-order valence-electron chi connectivity index (χ1n) is 4.66. The molecule has 72 valence electrons. The van der Waals surface area contributed by atoms with Crippen molar-refractivity contribution < 1.29 is 5.11 Å². The Bertz CT molecular complexity index is 258. The van der Waals surface area contributed by atoms with Crippen LogP contribution in [0.3, 0.4) is 0 Å². The van der Waals surface area contributed by atoms with Crippen molar-refractivity contribution in [2.45, 2.75) is 32.4 Å². The van der Waals surface area contributed by atoms with Crippen LogP contribution in [0.1, 0.15) is 24.5 Å². The van der Waals surface area contributed by atoms with E-state index in [0.717, 1.165) is 18.4 Å². The molecular weight excluding hydrogens is 162 g/mol. The van der Waals surface area contributed by atoms with Crippen molar-refractivity contribution in [3.63, 3.8) is 0 Å². The monoisotopic (exact) mass is 179 g/mol. The molecule has 0 heterocycles. The number of aliphatic hydroxyl groups excluding tert-OH is 1. The Morgan fingerprint density at radius 3 is 2.69 bits per heavy atom. The molecule has 0 aliphatic carbocycles. The van der Waals surface area contributed by atoms with E-state index in [2.05, 4.69) is 6.07 Å². The first-order valence-corrected chi connectivity index (χ1v) is 4.66. The topological polar surface area (TPSA) is 46.2 Å². The maximum atomic E-state index is 8.91. The maximum Gasteiger partial charge on any atom is 0.0681 e. The summed E-state index contributed by atoms with van der Waals surface area (Å²) in [7, 11) is 0. The van der Waals surface area contributed by atoms with Crippen molar-refractivity contribution in [3.8, 4) is 0 Å². The molecule has 13 heavy (non-hydrogen) atoms. The van der Waals surface area contributed by atoms with Gasteiger partial charge in [0.2, 0.25) is 0 Å². The van der Waals surface area contributed by atoms with Crippen LogP contribution in [0.4, 0.5) is 0 Å². The van der Waals surface area contributed by atoms with E-state index in [1.54, 1.807) is 0 Å². The van der Waals surface area contributed by atoms with Crippen LogP contribution in [-0.2, 0) is 13.0 Å². The highest BCUT2D eigenvalue weighted by Gasteiger charge is 1.97. The van der Waals surface area contributed by atoms with E-state index in [1.165, 1.54) is 5.56 Å². The summed E-state index contributed by atoms with van der Waals surface area (Å²) in [5, 5.41) is 8.91. The predicted molar refractivity (Wildman–Crippen MR) is 54.3 cm³/mol. The van der Waals surface area contributed by atoms with E-state index in [0.29, 0.717) is 0 Å². The normalized spacial score (nSPS) is 12.8. The quantitative estimate of drug-likeness (QED) is 0.735. The van der Waals surface area contributed by atoms with Gasteiger partial charge in [0.1, 0.15) is 0 Å². The Hall–Kier alpha value is -0.860. The molecule has 0 aliphatic rings. The van der Waals surface area contributed by atoms with Crippen molar-refractivity contribution >= 4 is 0 Å². The van der Waals surface area contributed by atoms with E-state index in [4.69, 9.17) is 10.8 Å². The first kappa shape index (κ1) is 10.2. The minimum Gasteiger partial charge on any atom is -0.392 e. The standard InChI is InChI=1S/C11H17NO/c1-9(12)5-6-10-3-2-4-11(7-10)8-13/h2-4,7,9,13H,5-6,8,12H2,1H3. The molecule has 0 saturated heterocycles. The van der Waals surface area contributed by atoms with Crippen molar-refractivity contribution in [3.05, 3.63) is 35.4 Å². The van der Waals surface area contributed by atoms with Crippen LogP contribution >= 0.6 is 0 Å². The van der Waals surface area contributed by atoms with Gasteiger partial charge in [0.15, 0.2) is 0 Å². The molecule has 0 radical (unpaired) electrons. The Balaban J connectivity index is 2.56. The van der Waals surface area contributed by atoms with Gasteiger partial charge in [-0.3, -0.25) is 0 Å². The highest BCUT2D eigenvalue weighted by Crippen LogP contribution is 2.08. The summed E-state index contributed by atoms with van der Waals surface area (Å²) in [5.41, 5.74) is 7.89. The lowest BCUT2D eigenvalue weighted by molar-refractivity contribution is 0.281. The summed E-state index contributed by atoms with van der Waals surface area (Å²) in [6.45, 7) is 2.13. The van der Waals surface area contributed by atoms with Gasteiger partial charge in [0, 0.05) is 6.04 Å². The Morgan fingerprint density at radius 2 is 2.08 bits per heavy atom. The van der Waals surface area contributed by atoms with E-state index >= 15 is 0 Å². The molecule has 0 amide bonds. The summed E-state index contributed by atoms with van der Waals surface area (Å²) < 4.78 is 0. The lowest BCUT2D eigenvalue weighted by Gasteiger charge is -2.05. The first-order chi connectivity index (χ1) is 6.22. The van der Waals surface area contributed by atoms with Crippen molar-refractivity contribution in [1.29, 1.82) is 0 Å². The summed E-state index contributed by atoms with van der Waals surface area (Å²) in [4.78, 5) is 0. The Kier molecular flexibility index (Phi) is 3.93. The van der Waals surface area contributed by atoms with Gasteiger partial charge in [-0.15, -0.1) is 0 Å². The largest absolute Gasteiger partial charge is 0.392 e. The van der Waals surface area contributed by atoms with Crippen LogP contribution in [0.25, 0.3) is 0 Å². The number of aryl methyl sites for hydroxylation is 1. The molecule has 2 nitrogen and oxygen atoms in total. The van der Waals surface area contributed by atoms with Gasteiger partial charge < -0.3 is 10.8 Å². The van der Waals surface area contributed by atoms with Gasteiger partial charge in [-0.1, -0.05) is 24.3 Å².